The van der Waals surface area contributed by atoms with Gasteiger partial charge in [-0.2, -0.15) is 4.31 Å². The fraction of sp³-hybridized carbons (Fsp3) is 0.364. The zero-order valence-corrected chi connectivity index (χ0v) is 19.1. The number of esters is 1. The quantitative estimate of drug-likeness (QED) is 0.609. The largest absolute Gasteiger partial charge is 0.449 e. The summed E-state index contributed by atoms with van der Waals surface area (Å²) in [4.78, 5) is 24.8. The molecule has 0 aliphatic carbocycles. The molecule has 0 saturated carbocycles. The van der Waals surface area contributed by atoms with Gasteiger partial charge < -0.3 is 10.1 Å². The van der Waals surface area contributed by atoms with Crippen LogP contribution < -0.4 is 5.32 Å². The number of sulfonamides is 1. The highest BCUT2D eigenvalue weighted by atomic mass is 35.5. The van der Waals surface area contributed by atoms with Crippen molar-refractivity contribution >= 4 is 33.5 Å². The van der Waals surface area contributed by atoms with Crippen LogP contribution in [0.4, 0.5) is 4.39 Å². The molecular weight excluding hydrogens is 459 g/mol. The number of rotatable bonds is 7. The average Bonchev–Trinajstić information content (AvgIpc) is 2.79. The molecule has 32 heavy (non-hydrogen) atoms. The number of carbonyl (C=O) groups is 2. The average molecular weight is 483 g/mol. The highest BCUT2D eigenvalue weighted by molar-refractivity contribution is 7.89. The molecule has 0 aromatic heterocycles. The van der Waals surface area contributed by atoms with Gasteiger partial charge in [0.25, 0.3) is 5.91 Å². The molecule has 2 aromatic rings. The number of piperidine rings is 1. The van der Waals surface area contributed by atoms with Gasteiger partial charge in [-0.25, -0.2) is 17.6 Å². The minimum Gasteiger partial charge on any atom is -0.449 e. The summed E-state index contributed by atoms with van der Waals surface area (Å²) in [6.45, 7) is 2.37. The van der Waals surface area contributed by atoms with Crippen molar-refractivity contribution in [3.05, 3.63) is 64.4 Å². The lowest BCUT2D eigenvalue weighted by Crippen LogP contribution is -2.36. The van der Waals surface area contributed by atoms with Crippen molar-refractivity contribution in [2.24, 2.45) is 0 Å². The molecular formula is C22H24ClFN2O5S. The predicted octanol–water partition coefficient (Wildman–Crippen LogP) is 3.52. The Morgan fingerprint density at radius 3 is 2.44 bits per heavy atom. The van der Waals surface area contributed by atoms with Gasteiger partial charge in [0, 0.05) is 19.6 Å². The van der Waals surface area contributed by atoms with Crippen molar-refractivity contribution in [3.8, 4) is 0 Å². The standard InChI is InChI=1S/C22H24ClFN2O5S/c1-15(21(27)25-14-16-5-7-17(24)8-6-16)31-22(28)19-13-18(9-10-20(19)23)32(29,30)26-11-3-2-4-12-26/h5-10,13,15H,2-4,11-12,14H2,1H3,(H,25,27). The number of halogens is 2. The van der Waals surface area contributed by atoms with Gasteiger partial charge in [0.05, 0.1) is 15.5 Å². The Bertz CT molecular complexity index is 1090. The monoisotopic (exact) mass is 482 g/mol. The Hall–Kier alpha value is -2.49. The minimum absolute atomic E-state index is 0.0199. The molecule has 1 unspecified atom stereocenters. The van der Waals surface area contributed by atoms with Crippen molar-refractivity contribution in [1.29, 1.82) is 0 Å². The van der Waals surface area contributed by atoms with Crippen molar-refractivity contribution in [3.63, 3.8) is 0 Å². The molecule has 1 aliphatic rings. The Morgan fingerprint density at radius 1 is 1.12 bits per heavy atom. The van der Waals surface area contributed by atoms with E-state index in [-0.39, 0.29) is 27.8 Å². The van der Waals surface area contributed by atoms with Gasteiger partial charge in [-0.3, -0.25) is 4.79 Å². The highest BCUT2D eigenvalue weighted by Crippen LogP contribution is 2.26. The summed E-state index contributed by atoms with van der Waals surface area (Å²) >= 11 is 6.10. The summed E-state index contributed by atoms with van der Waals surface area (Å²) < 4.78 is 45.3. The van der Waals surface area contributed by atoms with E-state index in [9.17, 15) is 22.4 Å². The number of hydrogen-bond acceptors (Lipinski definition) is 5. The minimum atomic E-state index is -3.76. The Kier molecular flexibility index (Phi) is 7.86. The second-order valence-corrected chi connectivity index (χ2v) is 9.84. The van der Waals surface area contributed by atoms with E-state index in [1.807, 2.05) is 0 Å². The third-order valence-corrected chi connectivity index (χ3v) is 7.37. The molecule has 1 atom stereocenters. The SMILES string of the molecule is CC(OC(=O)c1cc(S(=O)(=O)N2CCCCC2)ccc1Cl)C(=O)NCc1ccc(F)cc1. The van der Waals surface area contributed by atoms with Crippen molar-refractivity contribution in [2.45, 2.75) is 43.7 Å². The zero-order valence-electron chi connectivity index (χ0n) is 17.5. The molecule has 1 saturated heterocycles. The van der Waals surface area contributed by atoms with Gasteiger partial charge in [0.15, 0.2) is 6.10 Å². The first kappa shape index (κ1) is 24.2. The summed E-state index contributed by atoms with van der Waals surface area (Å²) in [5.41, 5.74) is 0.542. The number of carbonyl (C=O) groups excluding carboxylic acids is 2. The summed E-state index contributed by atoms with van der Waals surface area (Å²) in [5.74, 6) is -1.85. The van der Waals surface area contributed by atoms with Crippen LogP contribution in [0.5, 0.6) is 0 Å². The molecule has 0 bridgehead atoms. The van der Waals surface area contributed by atoms with E-state index in [1.165, 1.54) is 53.7 Å². The van der Waals surface area contributed by atoms with Gasteiger partial charge in [-0.1, -0.05) is 30.2 Å². The number of ether oxygens (including phenoxy) is 1. The van der Waals surface area contributed by atoms with Crippen LogP contribution in [0.3, 0.4) is 0 Å². The third-order valence-electron chi connectivity index (χ3n) is 5.14. The lowest BCUT2D eigenvalue weighted by atomic mass is 10.2. The van der Waals surface area contributed by atoms with E-state index >= 15 is 0 Å². The first-order valence-electron chi connectivity index (χ1n) is 10.2. The van der Waals surface area contributed by atoms with Gasteiger partial charge in [0.2, 0.25) is 10.0 Å². The third kappa shape index (κ3) is 5.85. The number of hydrogen-bond donors (Lipinski definition) is 1. The molecule has 172 valence electrons. The van der Waals surface area contributed by atoms with Crippen LogP contribution in [-0.2, 0) is 26.1 Å². The number of amides is 1. The maximum absolute atomic E-state index is 13.0. The number of benzene rings is 2. The maximum Gasteiger partial charge on any atom is 0.340 e. The van der Waals surface area contributed by atoms with Crippen LogP contribution >= 0.6 is 11.6 Å². The van der Waals surface area contributed by atoms with Crippen molar-refractivity contribution in [2.75, 3.05) is 13.1 Å². The summed E-state index contributed by atoms with van der Waals surface area (Å²) in [6.07, 6.45) is 1.39. The summed E-state index contributed by atoms with van der Waals surface area (Å²) in [6, 6.07) is 9.46. The molecule has 3 rings (SSSR count). The van der Waals surface area contributed by atoms with Crippen molar-refractivity contribution < 1.29 is 27.1 Å². The van der Waals surface area contributed by atoms with Gasteiger partial charge in [-0.15, -0.1) is 0 Å². The fourth-order valence-corrected chi connectivity index (χ4v) is 5.03. The van der Waals surface area contributed by atoms with E-state index in [1.54, 1.807) is 0 Å². The van der Waals surface area contributed by atoms with E-state index in [0.717, 1.165) is 19.3 Å². The van der Waals surface area contributed by atoms with E-state index in [0.29, 0.717) is 18.7 Å². The van der Waals surface area contributed by atoms with E-state index < -0.39 is 28.0 Å². The van der Waals surface area contributed by atoms with Crippen LogP contribution in [0.25, 0.3) is 0 Å². The van der Waals surface area contributed by atoms with E-state index in [2.05, 4.69) is 5.32 Å². The van der Waals surface area contributed by atoms with Crippen LogP contribution in [0.15, 0.2) is 47.4 Å². The van der Waals surface area contributed by atoms with Crippen molar-refractivity contribution in [1.82, 2.24) is 9.62 Å². The molecule has 0 spiro atoms. The topological polar surface area (TPSA) is 92.8 Å². The normalized spacial score (nSPS) is 15.7. The first-order valence-corrected chi connectivity index (χ1v) is 12.0. The first-order chi connectivity index (χ1) is 15.2. The smallest absolute Gasteiger partial charge is 0.340 e. The molecule has 7 nitrogen and oxygen atoms in total. The predicted molar refractivity (Wildman–Crippen MR) is 117 cm³/mol. The molecule has 1 aliphatic heterocycles. The van der Waals surface area contributed by atoms with Crippen LogP contribution in [0.2, 0.25) is 5.02 Å². The fourth-order valence-electron chi connectivity index (χ4n) is 3.29. The Balaban J connectivity index is 1.66. The van der Waals surface area contributed by atoms with Crippen LogP contribution in [-0.4, -0.2) is 43.8 Å². The Morgan fingerprint density at radius 2 is 1.78 bits per heavy atom. The maximum atomic E-state index is 13.0. The molecule has 10 heteroatoms. The van der Waals surface area contributed by atoms with Crippen LogP contribution in [0, 0.1) is 5.82 Å². The second-order valence-electron chi connectivity index (χ2n) is 7.50. The Labute approximate surface area is 191 Å². The second kappa shape index (κ2) is 10.4. The molecule has 1 heterocycles. The molecule has 1 N–H and O–H groups in total. The van der Waals surface area contributed by atoms with Gasteiger partial charge in [0.1, 0.15) is 5.82 Å². The lowest BCUT2D eigenvalue weighted by Gasteiger charge is -2.26. The number of nitrogens with one attached hydrogen (secondary N) is 1. The molecule has 1 amide bonds. The van der Waals surface area contributed by atoms with Crippen LogP contribution in [0.1, 0.15) is 42.1 Å². The highest BCUT2D eigenvalue weighted by Gasteiger charge is 2.28. The van der Waals surface area contributed by atoms with Gasteiger partial charge >= 0.3 is 5.97 Å². The van der Waals surface area contributed by atoms with Gasteiger partial charge in [-0.05, 0) is 55.7 Å². The molecule has 1 fully saturated rings. The molecule has 2 aromatic carbocycles. The zero-order chi connectivity index (χ0) is 23.3. The van der Waals surface area contributed by atoms with E-state index in [4.69, 9.17) is 16.3 Å². The lowest BCUT2D eigenvalue weighted by molar-refractivity contribution is -0.129. The summed E-state index contributed by atoms with van der Waals surface area (Å²) in [5, 5.41) is 2.61. The summed E-state index contributed by atoms with van der Waals surface area (Å²) in [7, 11) is -3.76. The molecule has 0 radical (unpaired) electrons. The number of nitrogens with zero attached hydrogens (tertiary/aromatic N) is 1.